The second kappa shape index (κ2) is 4.90. The lowest BCUT2D eigenvalue weighted by molar-refractivity contribution is 0.103. The van der Waals surface area contributed by atoms with Crippen molar-refractivity contribution in [2.24, 2.45) is 0 Å². The fraction of sp³-hybridized carbons (Fsp3) is 0.0588. The average molecular weight is 356 g/mol. The zero-order chi connectivity index (χ0) is 14.4. The number of benzene rings is 2. The van der Waals surface area contributed by atoms with E-state index in [2.05, 4.69) is 27.0 Å². The number of aromatic nitrogens is 1. The van der Waals surface area contributed by atoms with Crippen LogP contribution in [-0.2, 0) is 6.42 Å². The van der Waals surface area contributed by atoms with Gasteiger partial charge in [-0.2, -0.15) is 0 Å². The highest BCUT2D eigenvalue weighted by Gasteiger charge is 2.26. The lowest BCUT2D eigenvalue weighted by Gasteiger charge is -2.01. The summed E-state index contributed by atoms with van der Waals surface area (Å²) in [5.41, 5.74) is 4.07. The normalized spacial score (nSPS) is 12.0. The summed E-state index contributed by atoms with van der Waals surface area (Å²) < 4.78 is 1.11. The number of fused-ring (bicyclic) bond motifs is 3. The summed E-state index contributed by atoms with van der Waals surface area (Å²) in [4.78, 5) is 18.2. The number of thiazole rings is 1. The number of halogens is 1. The van der Waals surface area contributed by atoms with Crippen molar-refractivity contribution in [3.05, 3.63) is 74.0 Å². The predicted molar refractivity (Wildman–Crippen MR) is 87.9 cm³/mol. The van der Waals surface area contributed by atoms with E-state index in [9.17, 15) is 4.79 Å². The van der Waals surface area contributed by atoms with Crippen LogP contribution in [0, 0.1) is 0 Å². The predicted octanol–water partition coefficient (Wildman–Crippen LogP) is 4.71. The smallest absolute Gasteiger partial charge is 0.221 e. The first-order valence-electron chi connectivity index (χ1n) is 6.61. The van der Waals surface area contributed by atoms with Gasteiger partial charge in [0.25, 0.3) is 0 Å². The van der Waals surface area contributed by atoms with Crippen molar-refractivity contribution in [3.63, 3.8) is 0 Å². The van der Waals surface area contributed by atoms with Gasteiger partial charge in [-0.15, -0.1) is 11.3 Å². The Kier molecular flexibility index (Phi) is 3.01. The summed E-state index contributed by atoms with van der Waals surface area (Å²) in [7, 11) is 0. The van der Waals surface area contributed by atoms with Crippen LogP contribution < -0.4 is 0 Å². The quantitative estimate of drug-likeness (QED) is 0.487. The fourth-order valence-electron chi connectivity index (χ4n) is 2.61. The van der Waals surface area contributed by atoms with E-state index in [1.54, 1.807) is 0 Å². The monoisotopic (exact) mass is 355 g/mol. The van der Waals surface area contributed by atoms with Gasteiger partial charge in [0.2, 0.25) is 5.78 Å². The molecule has 1 aliphatic carbocycles. The van der Waals surface area contributed by atoms with Crippen LogP contribution in [0.2, 0.25) is 0 Å². The first-order valence-corrected chi connectivity index (χ1v) is 8.22. The lowest BCUT2D eigenvalue weighted by atomic mass is 10.1. The van der Waals surface area contributed by atoms with E-state index in [4.69, 9.17) is 0 Å². The molecular weight excluding hydrogens is 346 g/mol. The Balaban J connectivity index is 1.77. The largest absolute Gasteiger partial charge is 0.286 e. The molecule has 1 heterocycles. The summed E-state index contributed by atoms with van der Waals surface area (Å²) in [5, 5.41) is 0.580. The number of hydrogen-bond acceptors (Lipinski definition) is 3. The molecule has 1 aliphatic rings. The highest BCUT2D eigenvalue weighted by atomic mass is 79.9. The Morgan fingerprint density at radius 1 is 1.10 bits per heavy atom. The molecule has 3 aromatic rings. The minimum atomic E-state index is 0.00606. The number of carbonyl (C=O) groups excluding carboxylic acids is 1. The average Bonchev–Trinajstić information content (AvgIpc) is 3.07. The molecule has 0 fully saturated rings. The van der Waals surface area contributed by atoms with E-state index in [-0.39, 0.29) is 5.78 Å². The maximum Gasteiger partial charge on any atom is 0.221 e. The van der Waals surface area contributed by atoms with Gasteiger partial charge in [-0.25, -0.2) is 4.98 Å². The van der Waals surface area contributed by atoms with Gasteiger partial charge in [-0.1, -0.05) is 58.4 Å². The summed E-state index contributed by atoms with van der Waals surface area (Å²) in [6, 6.07) is 15.5. The van der Waals surface area contributed by atoms with Gasteiger partial charge in [0, 0.05) is 26.9 Å². The molecule has 2 aromatic carbocycles. The van der Waals surface area contributed by atoms with E-state index in [1.807, 2.05) is 42.5 Å². The van der Waals surface area contributed by atoms with Crippen molar-refractivity contribution in [2.75, 3.05) is 0 Å². The summed E-state index contributed by atoms with van der Waals surface area (Å²) in [6.45, 7) is 0. The zero-order valence-corrected chi connectivity index (χ0v) is 13.4. The minimum Gasteiger partial charge on any atom is -0.286 e. The molecule has 4 heteroatoms. The third-order valence-corrected chi connectivity index (χ3v) is 5.44. The number of hydrogen-bond donors (Lipinski definition) is 0. The van der Waals surface area contributed by atoms with Crippen molar-refractivity contribution >= 4 is 33.0 Å². The molecule has 0 unspecified atom stereocenters. The van der Waals surface area contributed by atoms with E-state index < -0.39 is 0 Å². The lowest BCUT2D eigenvalue weighted by Crippen LogP contribution is -2.00. The molecule has 0 radical (unpaired) electrons. The van der Waals surface area contributed by atoms with Crippen molar-refractivity contribution in [3.8, 4) is 11.3 Å². The van der Waals surface area contributed by atoms with Crippen LogP contribution in [0.1, 0.15) is 25.8 Å². The fourth-order valence-corrected chi connectivity index (χ4v) is 4.17. The Morgan fingerprint density at radius 3 is 2.71 bits per heavy atom. The molecule has 0 spiro atoms. The molecule has 2 nitrogen and oxygen atoms in total. The Hall–Kier alpha value is -1.78. The highest BCUT2D eigenvalue weighted by molar-refractivity contribution is 9.10. The third kappa shape index (κ3) is 2.06. The van der Waals surface area contributed by atoms with Gasteiger partial charge in [-0.3, -0.25) is 4.79 Å². The molecule has 0 amide bonds. The number of rotatable bonds is 2. The minimum absolute atomic E-state index is 0.00606. The van der Waals surface area contributed by atoms with Crippen molar-refractivity contribution in [1.29, 1.82) is 0 Å². The van der Waals surface area contributed by atoms with Crippen LogP contribution in [-0.4, -0.2) is 10.8 Å². The van der Waals surface area contributed by atoms with Crippen molar-refractivity contribution < 1.29 is 4.79 Å². The molecule has 0 aliphatic heterocycles. The molecule has 0 bridgehead atoms. The Labute approximate surface area is 134 Å². The molecule has 21 heavy (non-hydrogen) atoms. The van der Waals surface area contributed by atoms with Crippen LogP contribution in [0.5, 0.6) is 0 Å². The zero-order valence-electron chi connectivity index (χ0n) is 11.0. The summed E-state index contributed by atoms with van der Waals surface area (Å²) >= 11 is 5.09. The number of nitrogens with zero attached hydrogens (tertiary/aromatic N) is 1. The maximum atomic E-state index is 12.5. The van der Waals surface area contributed by atoms with Gasteiger partial charge in [-0.05, 0) is 11.6 Å². The molecule has 0 saturated heterocycles. The SMILES string of the molecule is O=C(c1ccccc1)c1nc2c(s1)Cc1c(Br)cccc1-2. The van der Waals surface area contributed by atoms with E-state index in [0.717, 1.165) is 22.2 Å². The highest BCUT2D eigenvalue weighted by Crippen LogP contribution is 2.42. The Bertz CT molecular complexity index is 854. The maximum absolute atomic E-state index is 12.5. The van der Waals surface area contributed by atoms with Gasteiger partial charge < -0.3 is 0 Å². The second-order valence-corrected chi connectivity index (χ2v) is 6.87. The molecular formula is C17H10BrNOS. The molecule has 102 valence electrons. The molecule has 0 N–H and O–H groups in total. The van der Waals surface area contributed by atoms with Gasteiger partial charge in [0.1, 0.15) is 0 Å². The van der Waals surface area contributed by atoms with Crippen molar-refractivity contribution in [1.82, 2.24) is 4.98 Å². The summed E-state index contributed by atoms with van der Waals surface area (Å²) in [6.07, 6.45) is 0.853. The Morgan fingerprint density at radius 2 is 1.90 bits per heavy atom. The molecule has 0 atom stereocenters. The second-order valence-electron chi connectivity index (χ2n) is 4.93. The first-order chi connectivity index (χ1) is 10.2. The van der Waals surface area contributed by atoms with Crippen LogP contribution >= 0.6 is 27.3 Å². The number of carbonyl (C=O) groups is 1. The van der Waals surface area contributed by atoms with Crippen LogP contribution in [0.15, 0.2) is 53.0 Å². The van der Waals surface area contributed by atoms with Gasteiger partial charge in [0.15, 0.2) is 5.01 Å². The standard InChI is InChI=1S/C17H10BrNOS/c18-13-8-4-7-11-12(13)9-14-15(11)19-17(21-14)16(20)10-5-2-1-3-6-10/h1-8H,9H2. The summed E-state index contributed by atoms with van der Waals surface area (Å²) in [5.74, 6) is 0.00606. The third-order valence-electron chi connectivity index (χ3n) is 3.64. The number of ketones is 1. The van der Waals surface area contributed by atoms with E-state index in [0.29, 0.717) is 10.6 Å². The van der Waals surface area contributed by atoms with E-state index >= 15 is 0 Å². The molecule has 4 rings (SSSR count). The molecule has 0 saturated carbocycles. The van der Waals surface area contributed by atoms with Crippen LogP contribution in [0.25, 0.3) is 11.3 Å². The molecule has 1 aromatic heterocycles. The van der Waals surface area contributed by atoms with Gasteiger partial charge in [0.05, 0.1) is 5.69 Å². The first kappa shape index (κ1) is 12.9. The van der Waals surface area contributed by atoms with Crippen LogP contribution in [0.3, 0.4) is 0 Å². The van der Waals surface area contributed by atoms with Crippen molar-refractivity contribution in [2.45, 2.75) is 6.42 Å². The van der Waals surface area contributed by atoms with E-state index in [1.165, 1.54) is 21.8 Å². The topological polar surface area (TPSA) is 30.0 Å². The van der Waals surface area contributed by atoms with Gasteiger partial charge >= 0.3 is 0 Å². The van der Waals surface area contributed by atoms with Crippen LogP contribution in [0.4, 0.5) is 0 Å².